The van der Waals surface area contributed by atoms with Crippen LogP contribution in [0.1, 0.15) is 15.5 Å². The molecule has 1 saturated heterocycles. The number of aliphatic hydroxyl groups excluding tert-OH is 1. The van der Waals surface area contributed by atoms with E-state index in [9.17, 15) is 4.79 Å². The van der Waals surface area contributed by atoms with E-state index in [0.717, 1.165) is 16.3 Å². The van der Waals surface area contributed by atoms with Gasteiger partial charge in [-0.3, -0.25) is 4.79 Å². The maximum atomic E-state index is 12.4. The van der Waals surface area contributed by atoms with Crippen molar-refractivity contribution in [2.24, 2.45) is 13.0 Å². The average molecular weight is 291 g/mol. The second kappa shape index (κ2) is 5.03. The van der Waals surface area contributed by atoms with Crippen molar-refractivity contribution >= 4 is 17.2 Å². The number of aryl methyl sites for hydroxylation is 2. The summed E-state index contributed by atoms with van der Waals surface area (Å²) in [5, 5.41) is 12.0. The van der Waals surface area contributed by atoms with E-state index >= 15 is 0 Å². The van der Waals surface area contributed by atoms with Crippen LogP contribution in [-0.4, -0.2) is 45.2 Å². The highest BCUT2D eigenvalue weighted by atomic mass is 32.1. The lowest BCUT2D eigenvalue weighted by Crippen LogP contribution is -2.51. The van der Waals surface area contributed by atoms with Gasteiger partial charge in [-0.1, -0.05) is 0 Å². The number of hydrogen-bond donors (Lipinski definition) is 1. The highest BCUT2D eigenvalue weighted by Gasteiger charge is 2.31. The van der Waals surface area contributed by atoms with Crippen LogP contribution < -0.4 is 0 Å². The molecule has 0 atom stereocenters. The number of aromatic nitrogens is 2. The van der Waals surface area contributed by atoms with Gasteiger partial charge < -0.3 is 14.6 Å². The highest BCUT2D eigenvalue weighted by Crippen LogP contribution is 2.25. The van der Waals surface area contributed by atoms with Crippen LogP contribution in [-0.2, 0) is 7.05 Å². The molecule has 1 aliphatic heterocycles. The Morgan fingerprint density at radius 2 is 2.30 bits per heavy atom. The topological polar surface area (TPSA) is 58.4 Å². The predicted octanol–water partition coefficient (Wildman–Crippen LogP) is 1.52. The van der Waals surface area contributed by atoms with Crippen molar-refractivity contribution in [1.82, 2.24) is 14.5 Å². The summed E-state index contributed by atoms with van der Waals surface area (Å²) in [4.78, 5) is 18.6. The molecular weight excluding hydrogens is 274 g/mol. The van der Waals surface area contributed by atoms with Gasteiger partial charge in [0.1, 0.15) is 5.69 Å². The Morgan fingerprint density at radius 3 is 2.90 bits per heavy atom. The normalized spacial score (nSPS) is 15.4. The second-order valence-electron chi connectivity index (χ2n) is 5.24. The molecule has 3 heterocycles. The van der Waals surface area contributed by atoms with E-state index in [1.54, 1.807) is 16.2 Å². The first-order valence-electron chi connectivity index (χ1n) is 6.57. The molecule has 0 spiro atoms. The average Bonchev–Trinajstić information content (AvgIpc) is 2.94. The fraction of sp³-hybridized carbons (Fsp3) is 0.429. The molecule has 2 aromatic rings. The smallest absolute Gasteiger partial charge is 0.270 e. The molecule has 0 unspecified atom stereocenters. The van der Waals surface area contributed by atoms with Crippen LogP contribution in [0.15, 0.2) is 17.6 Å². The minimum absolute atomic E-state index is 0.0235. The third kappa shape index (κ3) is 2.25. The van der Waals surface area contributed by atoms with Gasteiger partial charge in [0, 0.05) is 49.8 Å². The van der Waals surface area contributed by atoms with Gasteiger partial charge in [-0.25, -0.2) is 4.98 Å². The van der Waals surface area contributed by atoms with E-state index in [0.29, 0.717) is 18.8 Å². The standard InChI is InChI=1S/C14H17N3O2S/c1-9-15-12(8-20-9)11-3-13(16(2)6-11)14(19)17-4-10(5-17)7-18/h3,6,8,10,18H,4-5,7H2,1-2H3. The van der Waals surface area contributed by atoms with E-state index < -0.39 is 0 Å². The SMILES string of the molecule is Cc1nc(-c2cc(C(=O)N3CC(CO)C3)n(C)c2)cs1. The van der Waals surface area contributed by atoms with Crippen LogP contribution in [0.5, 0.6) is 0 Å². The summed E-state index contributed by atoms with van der Waals surface area (Å²) in [6, 6.07) is 1.89. The molecule has 3 rings (SSSR count). The maximum absolute atomic E-state index is 12.4. The molecule has 5 nitrogen and oxygen atoms in total. The van der Waals surface area contributed by atoms with Crippen molar-refractivity contribution < 1.29 is 9.90 Å². The Labute approximate surface area is 121 Å². The first-order valence-corrected chi connectivity index (χ1v) is 7.45. The van der Waals surface area contributed by atoms with Crippen LogP contribution >= 0.6 is 11.3 Å². The summed E-state index contributed by atoms with van der Waals surface area (Å²) >= 11 is 1.60. The summed E-state index contributed by atoms with van der Waals surface area (Å²) in [6.07, 6.45) is 1.94. The van der Waals surface area contributed by atoms with Crippen LogP contribution in [0.2, 0.25) is 0 Å². The molecule has 0 radical (unpaired) electrons. The molecule has 1 aliphatic rings. The fourth-order valence-corrected chi connectivity index (χ4v) is 3.05. The van der Waals surface area contributed by atoms with Crippen LogP contribution in [0.4, 0.5) is 0 Å². The molecule has 106 valence electrons. The molecule has 1 amide bonds. The van der Waals surface area contributed by atoms with Crippen molar-refractivity contribution in [3.8, 4) is 11.3 Å². The van der Waals surface area contributed by atoms with Gasteiger partial charge in [-0.15, -0.1) is 11.3 Å². The zero-order chi connectivity index (χ0) is 14.3. The van der Waals surface area contributed by atoms with E-state index in [1.807, 2.05) is 36.2 Å². The number of amides is 1. The molecule has 1 fully saturated rings. The second-order valence-corrected chi connectivity index (χ2v) is 6.30. The summed E-state index contributed by atoms with van der Waals surface area (Å²) in [5.41, 5.74) is 2.56. The number of likely N-dealkylation sites (tertiary alicyclic amines) is 1. The zero-order valence-corrected chi connectivity index (χ0v) is 12.4. The third-order valence-corrected chi connectivity index (χ3v) is 4.41. The number of carbonyl (C=O) groups excluding carboxylic acids is 1. The number of rotatable bonds is 3. The third-order valence-electron chi connectivity index (χ3n) is 3.64. The molecular formula is C14H17N3O2S. The summed E-state index contributed by atoms with van der Waals surface area (Å²) < 4.78 is 1.85. The Bertz CT molecular complexity index is 641. The number of thiazole rings is 1. The Morgan fingerprint density at radius 1 is 1.55 bits per heavy atom. The molecule has 6 heteroatoms. The Hall–Kier alpha value is -1.66. The van der Waals surface area contributed by atoms with Gasteiger partial charge in [-0.2, -0.15) is 0 Å². The van der Waals surface area contributed by atoms with Crippen LogP contribution in [0, 0.1) is 12.8 Å². The molecule has 20 heavy (non-hydrogen) atoms. The summed E-state index contributed by atoms with van der Waals surface area (Å²) in [7, 11) is 1.87. The first-order chi connectivity index (χ1) is 9.58. The highest BCUT2D eigenvalue weighted by molar-refractivity contribution is 7.09. The van der Waals surface area contributed by atoms with Crippen LogP contribution in [0.3, 0.4) is 0 Å². The molecule has 0 aliphatic carbocycles. The number of hydrogen-bond acceptors (Lipinski definition) is 4. The zero-order valence-electron chi connectivity index (χ0n) is 11.5. The lowest BCUT2D eigenvalue weighted by molar-refractivity contribution is 0.0353. The van der Waals surface area contributed by atoms with Crippen molar-refractivity contribution in [2.75, 3.05) is 19.7 Å². The Kier molecular flexibility index (Phi) is 3.35. The maximum Gasteiger partial charge on any atom is 0.270 e. The quantitative estimate of drug-likeness (QED) is 0.933. The monoisotopic (exact) mass is 291 g/mol. The number of carbonyl (C=O) groups is 1. The number of aliphatic hydroxyl groups is 1. The van der Waals surface area contributed by atoms with E-state index in [2.05, 4.69) is 4.98 Å². The lowest BCUT2D eigenvalue weighted by atomic mass is 10.0. The van der Waals surface area contributed by atoms with E-state index in [4.69, 9.17) is 5.11 Å². The molecule has 0 saturated carbocycles. The van der Waals surface area contributed by atoms with Crippen molar-refractivity contribution in [3.63, 3.8) is 0 Å². The van der Waals surface area contributed by atoms with Crippen molar-refractivity contribution in [2.45, 2.75) is 6.92 Å². The van der Waals surface area contributed by atoms with Gasteiger partial charge in [0.05, 0.1) is 10.7 Å². The largest absolute Gasteiger partial charge is 0.396 e. The Balaban J connectivity index is 1.81. The van der Waals surface area contributed by atoms with Gasteiger partial charge >= 0.3 is 0 Å². The summed E-state index contributed by atoms with van der Waals surface area (Å²) in [6.45, 7) is 3.41. The van der Waals surface area contributed by atoms with E-state index in [-0.39, 0.29) is 18.4 Å². The molecule has 2 aromatic heterocycles. The minimum atomic E-state index is 0.0235. The van der Waals surface area contributed by atoms with Crippen molar-refractivity contribution in [1.29, 1.82) is 0 Å². The van der Waals surface area contributed by atoms with Gasteiger partial charge in [0.2, 0.25) is 0 Å². The first kappa shape index (κ1) is 13.3. The molecule has 0 aromatic carbocycles. The molecule has 0 bridgehead atoms. The van der Waals surface area contributed by atoms with Gasteiger partial charge in [-0.05, 0) is 13.0 Å². The molecule has 1 N–H and O–H groups in total. The number of nitrogens with zero attached hydrogens (tertiary/aromatic N) is 3. The van der Waals surface area contributed by atoms with Crippen molar-refractivity contribution in [3.05, 3.63) is 28.3 Å². The summed E-state index contributed by atoms with van der Waals surface area (Å²) in [5.74, 6) is 0.260. The van der Waals surface area contributed by atoms with Gasteiger partial charge in [0.25, 0.3) is 5.91 Å². The lowest BCUT2D eigenvalue weighted by Gasteiger charge is -2.38. The van der Waals surface area contributed by atoms with Gasteiger partial charge in [0.15, 0.2) is 0 Å². The minimum Gasteiger partial charge on any atom is -0.396 e. The predicted molar refractivity (Wildman–Crippen MR) is 77.7 cm³/mol. The van der Waals surface area contributed by atoms with Crippen LogP contribution in [0.25, 0.3) is 11.3 Å². The van der Waals surface area contributed by atoms with E-state index in [1.165, 1.54) is 0 Å². The fourth-order valence-electron chi connectivity index (χ4n) is 2.43.